The topological polar surface area (TPSA) is 87.9 Å². The van der Waals surface area contributed by atoms with Crippen molar-refractivity contribution in [2.45, 2.75) is 31.8 Å². The number of nitrogens with zero attached hydrogens (tertiary/aromatic N) is 1. The van der Waals surface area contributed by atoms with Crippen molar-refractivity contribution in [3.63, 3.8) is 0 Å². The molecule has 0 aromatic heterocycles. The van der Waals surface area contributed by atoms with Gasteiger partial charge in [-0.2, -0.15) is 0 Å². The third-order valence-electron chi connectivity index (χ3n) is 2.97. The molecule has 0 unspecified atom stereocenters. The minimum Gasteiger partial charge on any atom is -0.467 e. The summed E-state index contributed by atoms with van der Waals surface area (Å²) in [6.45, 7) is 3.27. The minimum atomic E-state index is -1.03. The predicted octanol–water partition coefficient (Wildman–Crippen LogP) is 1.96. The average Bonchev–Trinajstić information content (AvgIpc) is 2.73. The third-order valence-corrected chi connectivity index (χ3v) is 2.97. The molecule has 2 atom stereocenters. The largest absolute Gasteiger partial charge is 0.467 e. The van der Waals surface area contributed by atoms with E-state index in [0.717, 1.165) is 0 Å². The molecule has 0 spiro atoms. The number of hydrogen-bond acceptors (Lipinski definition) is 6. The minimum absolute atomic E-state index is 0.118. The Morgan fingerprint density at radius 2 is 2.00 bits per heavy atom. The third kappa shape index (κ3) is 2.63. The highest BCUT2D eigenvalue weighted by Crippen LogP contribution is 2.41. The van der Waals surface area contributed by atoms with Crippen LogP contribution in [0.3, 0.4) is 0 Å². The van der Waals surface area contributed by atoms with Crippen LogP contribution < -0.4 is 0 Å². The molecule has 1 fully saturated rings. The van der Waals surface area contributed by atoms with Crippen molar-refractivity contribution in [2.24, 2.45) is 0 Å². The molecule has 7 heteroatoms. The lowest BCUT2D eigenvalue weighted by Crippen LogP contribution is -2.29. The van der Waals surface area contributed by atoms with Crippen LogP contribution in [0.5, 0.6) is 0 Å². The molecule has 1 aromatic carbocycles. The maximum absolute atomic E-state index is 11.8. The van der Waals surface area contributed by atoms with Gasteiger partial charge in [0, 0.05) is 6.07 Å². The van der Waals surface area contributed by atoms with Crippen LogP contribution in [0, 0.1) is 10.1 Å². The van der Waals surface area contributed by atoms with Crippen LogP contribution in [0.4, 0.5) is 5.69 Å². The second kappa shape index (κ2) is 5.18. The maximum atomic E-state index is 11.8. The number of methoxy groups -OCH3 is 1. The molecule has 1 saturated heterocycles. The number of benzene rings is 1. The number of carbonyl (C=O) groups is 1. The van der Waals surface area contributed by atoms with E-state index in [9.17, 15) is 14.9 Å². The second-order valence-electron chi connectivity index (χ2n) is 4.82. The summed E-state index contributed by atoms with van der Waals surface area (Å²) in [6, 6.07) is 6.10. The molecule has 1 heterocycles. The molecule has 1 aliphatic rings. The zero-order chi connectivity index (χ0) is 14.9. The fourth-order valence-electron chi connectivity index (χ4n) is 2.17. The van der Waals surface area contributed by atoms with Crippen LogP contribution >= 0.6 is 0 Å². The summed E-state index contributed by atoms with van der Waals surface area (Å²) in [5, 5.41) is 11.1. The van der Waals surface area contributed by atoms with Gasteiger partial charge in [0.2, 0.25) is 0 Å². The number of nitro benzene ring substituents is 1. The van der Waals surface area contributed by atoms with Gasteiger partial charge in [-0.15, -0.1) is 0 Å². The second-order valence-corrected chi connectivity index (χ2v) is 4.82. The van der Waals surface area contributed by atoms with Crippen molar-refractivity contribution in [2.75, 3.05) is 7.11 Å². The molecule has 0 bridgehead atoms. The first-order chi connectivity index (χ1) is 9.35. The molecule has 0 amide bonds. The van der Waals surface area contributed by atoms with Gasteiger partial charge in [0.15, 0.2) is 11.9 Å². The van der Waals surface area contributed by atoms with E-state index in [-0.39, 0.29) is 5.69 Å². The molecule has 20 heavy (non-hydrogen) atoms. The van der Waals surface area contributed by atoms with Crippen LogP contribution in [-0.4, -0.2) is 29.9 Å². The normalized spacial score (nSPS) is 24.4. The van der Waals surface area contributed by atoms with Gasteiger partial charge in [-0.05, 0) is 19.9 Å². The molecule has 0 aliphatic carbocycles. The lowest BCUT2D eigenvalue weighted by atomic mass is 10.0. The molecule has 108 valence electrons. The van der Waals surface area contributed by atoms with E-state index in [1.807, 2.05) is 0 Å². The van der Waals surface area contributed by atoms with E-state index in [4.69, 9.17) is 9.47 Å². The lowest BCUT2D eigenvalue weighted by Gasteiger charge is -2.16. The standard InChI is InChI=1S/C13H15NO6/c1-13(2)19-10(11(20-13)12(15)18-3)8-6-4-5-7-9(8)14(16)17/h4-7,10-11H,1-3H3/t10-,11-/m1/s1. The smallest absolute Gasteiger partial charge is 0.338 e. The number of para-hydroxylation sites is 1. The molecule has 1 aromatic rings. The summed E-state index contributed by atoms with van der Waals surface area (Å²) >= 11 is 0. The molecule has 0 N–H and O–H groups in total. The highest BCUT2D eigenvalue weighted by Gasteiger charge is 2.48. The van der Waals surface area contributed by atoms with Crippen LogP contribution in [0.1, 0.15) is 25.5 Å². The van der Waals surface area contributed by atoms with E-state index < -0.39 is 28.9 Å². The molecule has 7 nitrogen and oxygen atoms in total. The molecule has 2 rings (SSSR count). The van der Waals surface area contributed by atoms with Crippen molar-refractivity contribution >= 4 is 11.7 Å². The molecule has 0 radical (unpaired) electrons. The van der Waals surface area contributed by atoms with E-state index >= 15 is 0 Å². The quantitative estimate of drug-likeness (QED) is 0.478. The molecular weight excluding hydrogens is 266 g/mol. The lowest BCUT2D eigenvalue weighted by molar-refractivity contribution is -0.386. The van der Waals surface area contributed by atoms with Gasteiger partial charge in [0.05, 0.1) is 17.6 Å². The monoisotopic (exact) mass is 281 g/mol. The molecule has 0 saturated carbocycles. The number of esters is 1. The number of ether oxygens (including phenoxy) is 3. The van der Waals surface area contributed by atoms with Crippen molar-refractivity contribution in [3.05, 3.63) is 39.9 Å². The Kier molecular flexibility index (Phi) is 3.74. The number of hydrogen-bond donors (Lipinski definition) is 0. The van der Waals surface area contributed by atoms with Crippen LogP contribution in [-0.2, 0) is 19.0 Å². The summed E-state index contributed by atoms with van der Waals surface area (Å²) in [4.78, 5) is 22.3. The van der Waals surface area contributed by atoms with E-state index in [1.54, 1.807) is 32.0 Å². The van der Waals surface area contributed by atoms with E-state index in [0.29, 0.717) is 5.56 Å². The van der Waals surface area contributed by atoms with Gasteiger partial charge >= 0.3 is 5.97 Å². The SMILES string of the molecule is COC(=O)[C@@H]1OC(C)(C)O[C@@H]1c1ccccc1[N+](=O)[O-]. The van der Waals surface area contributed by atoms with Gasteiger partial charge in [-0.25, -0.2) is 4.79 Å². The van der Waals surface area contributed by atoms with E-state index in [2.05, 4.69) is 4.74 Å². The first-order valence-electron chi connectivity index (χ1n) is 6.02. The Morgan fingerprint density at radius 1 is 1.35 bits per heavy atom. The van der Waals surface area contributed by atoms with Gasteiger partial charge < -0.3 is 14.2 Å². The Bertz CT molecular complexity index is 541. The number of rotatable bonds is 3. The molecule has 1 aliphatic heterocycles. The summed E-state index contributed by atoms with van der Waals surface area (Å²) in [5.41, 5.74) is 0.172. The number of carbonyl (C=O) groups excluding carboxylic acids is 1. The Labute approximate surface area is 115 Å². The molecular formula is C13H15NO6. The number of nitro groups is 1. The maximum Gasteiger partial charge on any atom is 0.338 e. The Hall–Kier alpha value is -1.99. The van der Waals surface area contributed by atoms with Gasteiger partial charge in [0.25, 0.3) is 5.69 Å². The van der Waals surface area contributed by atoms with Crippen molar-refractivity contribution in [3.8, 4) is 0 Å². The first-order valence-corrected chi connectivity index (χ1v) is 6.02. The van der Waals surface area contributed by atoms with Crippen molar-refractivity contribution in [1.29, 1.82) is 0 Å². The van der Waals surface area contributed by atoms with Gasteiger partial charge in [0.1, 0.15) is 6.10 Å². The highest BCUT2D eigenvalue weighted by atomic mass is 16.8. The Balaban J connectivity index is 2.44. The van der Waals surface area contributed by atoms with Gasteiger partial charge in [-0.1, -0.05) is 12.1 Å². The Morgan fingerprint density at radius 3 is 2.60 bits per heavy atom. The fraction of sp³-hybridized carbons (Fsp3) is 0.462. The van der Waals surface area contributed by atoms with Crippen molar-refractivity contribution in [1.82, 2.24) is 0 Å². The summed E-state index contributed by atoms with van der Waals surface area (Å²) < 4.78 is 15.8. The van der Waals surface area contributed by atoms with Crippen LogP contribution in [0.25, 0.3) is 0 Å². The van der Waals surface area contributed by atoms with Crippen molar-refractivity contribution < 1.29 is 23.9 Å². The van der Waals surface area contributed by atoms with Crippen LogP contribution in [0.15, 0.2) is 24.3 Å². The highest BCUT2D eigenvalue weighted by molar-refractivity contribution is 5.76. The summed E-state index contributed by atoms with van der Waals surface area (Å²) in [5.74, 6) is -1.65. The zero-order valence-corrected chi connectivity index (χ0v) is 11.4. The average molecular weight is 281 g/mol. The van der Waals surface area contributed by atoms with E-state index in [1.165, 1.54) is 13.2 Å². The van der Waals surface area contributed by atoms with Gasteiger partial charge in [-0.3, -0.25) is 10.1 Å². The summed E-state index contributed by atoms with van der Waals surface area (Å²) in [7, 11) is 1.23. The first kappa shape index (κ1) is 14.4. The fourth-order valence-corrected chi connectivity index (χ4v) is 2.17. The zero-order valence-electron chi connectivity index (χ0n) is 11.4. The summed E-state index contributed by atoms with van der Waals surface area (Å²) in [6.07, 6.45) is -1.91. The van der Waals surface area contributed by atoms with Crippen LogP contribution in [0.2, 0.25) is 0 Å². The predicted molar refractivity (Wildman–Crippen MR) is 67.9 cm³/mol.